The Morgan fingerprint density at radius 3 is 2.47 bits per heavy atom. The molecule has 0 aromatic heterocycles. The number of carbonyl (C=O) groups is 1. The van der Waals surface area contributed by atoms with Gasteiger partial charge in [-0.15, -0.1) is 0 Å². The lowest BCUT2D eigenvalue weighted by molar-refractivity contribution is -0.119. The smallest absolute Gasteiger partial charge is 0.224 e. The number of hydrogen-bond donors (Lipinski definition) is 1. The monoisotopic (exact) mass is 209 g/mol. The third-order valence-electron chi connectivity index (χ3n) is 2.33. The molecule has 0 radical (unpaired) electrons. The van der Waals surface area contributed by atoms with Crippen molar-refractivity contribution in [1.29, 1.82) is 0 Å². The van der Waals surface area contributed by atoms with Gasteiger partial charge in [-0.1, -0.05) is 0 Å². The van der Waals surface area contributed by atoms with Gasteiger partial charge in [0.1, 0.15) is 11.5 Å². The zero-order chi connectivity index (χ0) is 11.4. The van der Waals surface area contributed by atoms with Crippen LogP contribution >= 0.6 is 0 Å². The van der Waals surface area contributed by atoms with E-state index in [1.807, 2.05) is 0 Å². The quantitative estimate of drug-likeness (QED) is 0.812. The van der Waals surface area contributed by atoms with Crippen LogP contribution in [0.3, 0.4) is 0 Å². The molecule has 1 unspecified atom stereocenters. The van der Waals surface area contributed by atoms with E-state index in [1.54, 1.807) is 39.3 Å². The van der Waals surface area contributed by atoms with E-state index < -0.39 is 5.92 Å². The Hall–Kier alpha value is -1.71. The van der Waals surface area contributed by atoms with Crippen LogP contribution in [0.5, 0.6) is 11.5 Å². The molecule has 0 bridgehead atoms. The lowest BCUT2D eigenvalue weighted by atomic mass is 9.99. The maximum Gasteiger partial charge on any atom is 0.224 e. The fraction of sp³-hybridized carbons (Fsp3) is 0.364. The molecule has 0 fully saturated rings. The standard InChI is InChI=1S/C11H15NO3/c1-7(11(12)13)9-6-8(14-2)4-5-10(9)15-3/h4-7H,1-3H3,(H2,12,13). The number of primary amides is 1. The van der Waals surface area contributed by atoms with Crippen molar-refractivity contribution in [2.45, 2.75) is 12.8 Å². The molecule has 0 aliphatic rings. The van der Waals surface area contributed by atoms with Gasteiger partial charge in [0, 0.05) is 5.56 Å². The summed E-state index contributed by atoms with van der Waals surface area (Å²) in [4.78, 5) is 11.1. The number of rotatable bonds is 4. The van der Waals surface area contributed by atoms with E-state index in [0.717, 1.165) is 5.56 Å². The molecule has 4 nitrogen and oxygen atoms in total. The Morgan fingerprint density at radius 2 is 2.00 bits per heavy atom. The largest absolute Gasteiger partial charge is 0.497 e. The third kappa shape index (κ3) is 2.40. The summed E-state index contributed by atoms with van der Waals surface area (Å²) in [6.07, 6.45) is 0. The highest BCUT2D eigenvalue weighted by molar-refractivity contribution is 5.82. The van der Waals surface area contributed by atoms with Gasteiger partial charge in [0.25, 0.3) is 0 Å². The van der Waals surface area contributed by atoms with Crippen LogP contribution in [0.2, 0.25) is 0 Å². The lowest BCUT2D eigenvalue weighted by Gasteiger charge is -2.13. The van der Waals surface area contributed by atoms with Gasteiger partial charge in [-0.3, -0.25) is 4.79 Å². The molecule has 1 amide bonds. The van der Waals surface area contributed by atoms with E-state index in [4.69, 9.17) is 15.2 Å². The highest BCUT2D eigenvalue weighted by atomic mass is 16.5. The van der Waals surface area contributed by atoms with Crippen molar-refractivity contribution < 1.29 is 14.3 Å². The Morgan fingerprint density at radius 1 is 1.33 bits per heavy atom. The van der Waals surface area contributed by atoms with E-state index in [0.29, 0.717) is 11.5 Å². The molecule has 1 aromatic rings. The highest BCUT2D eigenvalue weighted by Crippen LogP contribution is 2.30. The van der Waals surface area contributed by atoms with Crippen LogP contribution in [0, 0.1) is 0 Å². The van der Waals surface area contributed by atoms with Crippen LogP contribution in [-0.4, -0.2) is 20.1 Å². The Bertz CT molecular complexity index is 363. The molecule has 4 heteroatoms. The molecule has 0 heterocycles. The van der Waals surface area contributed by atoms with Crippen molar-refractivity contribution in [1.82, 2.24) is 0 Å². The molecule has 0 spiro atoms. The normalized spacial score (nSPS) is 11.9. The number of hydrogen-bond acceptors (Lipinski definition) is 3. The summed E-state index contributed by atoms with van der Waals surface area (Å²) < 4.78 is 10.2. The molecule has 1 atom stereocenters. The molecule has 0 aliphatic carbocycles. The minimum atomic E-state index is -0.393. The molecule has 1 aromatic carbocycles. The maximum absolute atomic E-state index is 11.1. The molecule has 15 heavy (non-hydrogen) atoms. The van der Waals surface area contributed by atoms with Gasteiger partial charge in [-0.05, 0) is 25.1 Å². The SMILES string of the molecule is COc1ccc(OC)c(C(C)C(N)=O)c1. The van der Waals surface area contributed by atoms with E-state index in [9.17, 15) is 4.79 Å². The van der Waals surface area contributed by atoms with E-state index in [-0.39, 0.29) is 5.91 Å². The number of carbonyl (C=O) groups excluding carboxylic acids is 1. The number of benzene rings is 1. The van der Waals surface area contributed by atoms with Crippen molar-refractivity contribution >= 4 is 5.91 Å². The third-order valence-corrected chi connectivity index (χ3v) is 2.33. The van der Waals surface area contributed by atoms with Gasteiger partial charge in [-0.2, -0.15) is 0 Å². The summed E-state index contributed by atoms with van der Waals surface area (Å²) in [7, 11) is 3.12. The first-order chi connectivity index (χ1) is 7.10. The van der Waals surface area contributed by atoms with Gasteiger partial charge in [-0.25, -0.2) is 0 Å². The number of amides is 1. The first-order valence-electron chi connectivity index (χ1n) is 4.61. The second-order valence-corrected chi connectivity index (χ2v) is 3.23. The summed E-state index contributed by atoms with van der Waals surface area (Å²) in [5, 5.41) is 0. The second kappa shape index (κ2) is 4.68. The van der Waals surface area contributed by atoms with Crippen molar-refractivity contribution in [3.8, 4) is 11.5 Å². The summed E-state index contributed by atoms with van der Waals surface area (Å²) in [5.41, 5.74) is 5.99. The first kappa shape index (κ1) is 11.4. The summed E-state index contributed by atoms with van der Waals surface area (Å²) >= 11 is 0. The van der Waals surface area contributed by atoms with Crippen molar-refractivity contribution in [3.05, 3.63) is 23.8 Å². The molecular weight excluding hydrogens is 194 g/mol. The van der Waals surface area contributed by atoms with Gasteiger partial charge in [0.15, 0.2) is 0 Å². The Kier molecular flexibility index (Phi) is 3.55. The Labute approximate surface area is 89.0 Å². The minimum absolute atomic E-state index is 0.387. The molecule has 0 saturated heterocycles. The number of ether oxygens (including phenoxy) is 2. The zero-order valence-electron chi connectivity index (χ0n) is 9.11. The van der Waals surface area contributed by atoms with Gasteiger partial charge >= 0.3 is 0 Å². The number of nitrogens with two attached hydrogens (primary N) is 1. The van der Waals surface area contributed by atoms with Crippen LogP contribution in [0.25, 0.3) is 0 Å². The van der Waals surface area contributed by atoms with Crippen LogP contribution in [-0.2, 0) is 4.79 Å². The lowest BCUT2D eigenvalue weighted by Crippen LogP contribution is -2.19. The molecule has 1 rings (SSSR count). The molecular formula is C11H15NO3. The average Bonchev–Trinajstić information content (AvgIpc) is 2.27. The van der Waals surface area contributed by atoms with Crippen molar-refractivity contribution in [2.75, 3.05) is 14.2 Å². The van der Waals surface area contributed by atoms with E-state index in [2.05, 4.69) is 0 Å². The highest BCUT2D eigenvalue weighted by Gasteiger charge is 2.17. The van der Waals surface area contributed by atoms with Crippen LogP contribution in [0.4, 0.5) is 0 Å². The summed E-state index contributed by atoms with van der Waals surface area (Å²) in [5.74, 6) is 0.539. The van der Waals surface area contributed by atoms with E-state index >= 15 is 0 Å². The van der Waals surface area contributed by atoms with Crippen LogP contribution < -0.4 is 15.2 Å². The Balaban J connectivity index is 3.16. The van der Waals surface area contributed by atoms with Gasteiger partial charge in [0.05, 0.1) is 20.1 Å². The molecule has 0 saturated carbocycles. The van der Waals surface area contributed by atoms with Gasteiger partial charge < -0.3 is 15.2 Å². The van der Waals surface area contributed by atoms with Crippen molar-refractivity contribution in [3.63, 3.8) is 0 Å². The molecule has 2 N–H and O–H groups in total. The zero-order valence-corrected chi connectivity index (χ0v) is 9.11. The second-order valence-electron chi connectivity index (χ2n) is 3.23. The van der Waals surface area contributed by atoms with Crippen LogP contribution in [0.15, 0.2) is 18.2 Å². The maximum atomic E-state index is 11.1. The van der Waals surface area contributed by atoms with Crippen LogP contribution in [0.1, 0.15) is 18.4 Å². The summed E-state index contributed by atoms with van der Waals surface area (Å²) in [6.45, 7) is 1.74. The van der Waals surface area contributed by atoms with Gasteiger partial charge in [0.2, 0.25) is 5.91 Å². The van der Waals surface area contributed by atoms with Crippen molar-refractivity contribution in [2.24, 2.45) is 5.73 Å². The molecule has 0 aliphatic heterocycles. The topological polar surface area (TPSA) is 61.6 Å². The summed E-state index contributed by atoms with van der Waals surface area (Å²) in [6, 6.07) is 5.29. The predicted molar refractivity (Wildman–Crippen MR) is 57.2 cm³/mol. The minimum Gasteiger partial charge on any atom is -0.497 e. The average molecular weight is 209 g/mol. The fourth-order valence-corrected chi connectivity index (χ4v) is 1.33. The van der Waals surface area contributed by atoms with E-state index in [1.165, 1.54) is 0 Å². The predicted octanol–water partition coefficient (Wildman–Crippen LogP) is 1.29. The molecule has 82 valence electrons. The fourth-order valence-electron chi connectivity index (χ4n) is 1.33. The number of methoxy groups -OCH3 is 2. The first-order valence-corrected chi connectivity index (χ1v) is 4.61.